The largest absolute Gasteiger partial charge is 0.309 e. The van der Waals surface area contributed by atoms with E-state index in [2.05, 4.69) is 41.5 Å². The zero-order valence-corrected chi connectivity index (χ0v) is 13.2. The zero-order valence-electron chi connectivity index (χ0n) is 12.3. The van der Waals surface area contributed by atoms with Crippen LogP contribution in [0.15, 0.2) is 42.6 Å². The normalized spacial score (nSPS) is 12.7. The molecule has 0 fully saturated rings. The Morgan fingerprint density at radius 3 is 2.81 bits per heavy atom. The molecular weight excluding hydrogens is 278 g/mol. The number of thiazole rings is 1. The van der Waals surface area contributed by atoms with Gasteiger partial charge in [0.15, 0.2) is 0 Å². The van der Waals surface area contributed by atoms with Crippen molar-refractivity contribution in [1.29, 1.82) is 0 Å². The highest BCUT2D eigenvalue weighted by molar-refractivity contribution is 7.11. The predicted octanol–water partition coefficient (Wildman–Crippen LogP) is 3.89. The van der Waals surface area contributed by atoms with E-state index in [1.807, 2.05) is 25.3 Å². The van der Waals surface area contributed by atoms with Crippen molar-refractivity contribution in [1.82, 2.24) is 15.3 Å². The number of pyridine rings is 1. The topological polar surface area (TPSA) is 37.8 Å². The summed E-state index contributed by atoms with van der Waals surface area (Å²) in [6.07, 6.45) is 2.87. The third kappa shape index (κ3) is 3.28. The third-order valence-corrected chi connectivity index (χ3v) is 4.53. The van der Waals surface area contributed by atoms with Gasteiger partial charge in [-0.1, -0.05) is 31.2 Å². The molecule has 0 radical (unpaired) electrons. The van der Waals surface area contributed by atoms with E-state index in [1.165, 1.54) is 10.3 Å². The summed E-state index contributed by atoms with van der Waals surface area (Å²) in [5.41, 5.74) is 2.18. The molecule has 2 heterocycles. The summed E-state index contributed by atoms with van der Waals surface area (Å²) in [6, 6.07) is 12.8. The molecule has 0 bridgehead atoms. The lowest BCUT2D eigenvalue weighted by Crippen LogP contribution is -2.22. The fourth-order valence-corrected chi connectivity index (χ4v) is 3.35. The van der Waals surface area contributed by atoms with Crippen molar-refractivity contribution in [3.63, 3.8) is 0 Å². The molecule has 21 heavy (non-hydrogen) atoms. The SMILES string of the molecule is CCNC(Cc1ccc2ccccc2n1)c1cnc(C)s1. The molecular formula is C17H19N3S. The summed E-state index contributed by atoms with van der Waals surface area (Å²) >= 11 is 1.76. The average molecular weight is 297 g/mol. The number of aryl methyl sites for hydroxylation is 1. The van der Waals surface area contributed by atoms with Gasteiger partial charge in [0.25, 0.3) is 0 Å². The van der Waals surface area contributed by atoms with Crippen LogP contribution in [0.1, 0.15) is 28.5 Å². The number of hydrogen-bond donors (Lipinski definition) is 1. The number of nitrogens with zero attached hydrogens (tertiary/aromatic N) is 2. The maximum Gasteiger partial charge on any atom is 0.0897 e. The minimum atomic E-state index is 0.287. The number of para-hydroxylation sites is 1. The molecule has 4 heteroatoms. The Hall–Kier alpha value is -1.78. The van der Waals surface area contributed by atoms with Crippen LogP contribution in [-0.4, -0.2) is 16.5 Å². The smallest absolute Gasteiger partial charge is 0.0897 e. The molecule has 0 spiro atoms. The number of hydrogen-bond acceptors (Lipinski definition) is 4. The summed E-state index contributed by atoms with van der Waals surface area (Å²) < 4.78 is 0. The fraction of sp³-hybridized carbons (Fsp3) is 0.294. The van der Waals surface area contributed by atoms with Crippen molar-refractivity contribution in [2.24, 2.45) is 0 Å². The molecule has 1 aromatic carbocycles. The Morgan fingerprint density at radius 2 is 2.05 bits per heavy atom. The molecule has 1 unspecified atom stereocenters. The molecule has 0 aliphatic heterocycles. The highest BCUT2D eigenvalue weighted by Crippen LogP contribution is 2.24. The van der Waals surface area contributed by atoms with Crippen molar-refractivity contribution in [3.05, 3.63) is 58.2 Å². The Balaban J connectivity index is 1.86. The van der Waals surface area contributed by atoms with Gasteiger partial charge in [0.05, 0.1) is 10.5 Å². The summed E-state index contributed by atoms with van der Waals surface area (Å²) in [4.78, 5) is 10.4. The van der Waals surface area contributed by atoms with Gasteiger partial charge in [-0.05, 0) is 25.6 Å². The minimum Gasteiger partial charge on any atom is -0.309 e. The number of likely N-dealkylation sites (N-methyl/N-ethyl adjacent to an activating group) is 1. The average Bonchev–Trinajstić information content (AvgIpc) is 2.93. The molecule has 0 saturated carbocycles. The van der Waals surface area contributed by atoms with E-state index < -0.39 is 0 Å². The van der Waals surface area contributed by atoms with Crippen LogP contribution in [0.25, 0.3) is 10.9 Å². The van der Waals surface area contributed by atoms with Crippen molar-refractivity contribution >= 4 is 22.2 Å². The Bertz CT molecular complexity index is 735. The molecule has 3 nitrogen and oxygen atoms in total. The lowest BCUT2D eigenvalue weighted by Gasteiger charge is -2.15. The maximum atomic E-state index is 4.77. The van der Waals surface area contributed by atoms with Gasteiger partial charge in [0.2, 0.25) is 0 Å². The van der Waals surface area contributed by atoms with Gasteiger partial charge in [-0.25, -0.2) is 4.98 Å². The highest BCUT2D eigenvalue weighted by Gasteiger charge is 2.14. The number of rotatable bonds is 5. The van der Waals surface area contributed by atoms with Gasteiger partial charge in [-0.15, -0.1) is 11.3 Å². The van der Waals surface area contributed by atoms with Crippen LogP contribution < -0.4 is 5.32 Å². The van der Waals surface area contributed by atoms with E-state index in [-0.39, 0.29) is 6.04 Å². The molecule has 3 rings (SSSR count). The number of aromatic nitrogens is 2. The van der Waals surface area contributed by atoms with E-state index in [9.17, 15) is 0 Å². The first-order valence-corrected chi connectivity index (χ1v) is 8.08. The van der Waals surface area contributed by atoms with E-state index in [1.54, 1.807) is 11.3 Å². The first kappa shape index (κ1) is 14.2. The second-order valence-electron chi connectivity index (χ2n) is 5.09. The minimum absolute atomic E-state index is 0.287. The summed E-state index contributed by atoms with van der Waals surface area (Å²) in [6.45, 7) is 5.12. The lowest BCUT2D eigenvalue weighted by atomic mass is 10.1. The molecule has 0 saturated heterocycles. The van der Waals surface area contributed by atoms with Gasteiger partial charge < -0.3 is 5.32 Å². The van der Waals surface area contributed by atoms with E-state index in [4.69, 9.17) is 4.98 Å². The molecule has 0 aliphatic carbocycles. The molecule has 3 aromatic rings. The van der Waals surface area contributed by atoms with Crippen molar-refractivity contribution in [3.8, 4) is 0 Å². The zero-order chi connectivity index (χ0) is 14.7. The van der Waals surface area contributed by atoms with Gasteiger partial charge in [-0.3, -0.25) is 4.98 Å². The maximum absolute atomic E-state index is 4.77. The number of benzene rings is 1. The van der Waals surface area contributed by atoms with Crippen LogP contribution in [0, 0.1) is 6.92 Å². The van der Waals surface area contributed by atoms with Crippen LogP contribution in [0.3, 0.4) is 0 Å². The predicted molar refractivity (Wildman–Crippen MR) is 88.7 cm³/mol. The van der Waals surface area contributed by atoms with Crippen molar-refractivity contribution in [2.75, 3.05) is 6.54 Å². The van der Waals surface area contributed by atoms with Crippen LogP contribution >= 0.6 is 11.3 Å². The monoisotopic (exact) mass is 297 g/mol. The Kier molecular flexibility index (Phi) is 4.27. The molecule has 0 amide bonds. The number of fused-ring (bicyclic) bond motifs is 1. The molecule has 1 atom stereocenters. The quantitative estimate of drug-likeness (QED) is 0.776. The highest BCUT2D eigenvalue weighted by atomic mass is 32.1. The second-order valence-corrected chi connectivity index (χ2v) is 6.36. The Labute approximate surface area is 129 Å². The summed E-state index contributed by atoms with van der Waals surface area (Å²) in [5.74, 6) is 0. The van der Waals surface area contributed by atoms with Gasteiger partial charge in [0, 0.05) is 34.6 Å². The van der Waals surface area contributed by atoms with Gasteiger partial charge in [0.1, 0.15) is 0 Å². The fourth-order valence-electron chi connectivity index (χ4n) is 2.49. The van der Waals surface area contributed by atoms with Gasteiger partial charge in [-0.2, -0.15) is 0 Å². The van der Waals surface area contributed by atoms with Crippen molar-refractivity contribution in [2.45, 2.75) is 26.3 Å². The van der Waals surface area contributed by atoms with Crippen molar-refractivity contribution < 1.29 is 0 Å². The van der Waals surface area contributed by atoms with Crippen LogP contribution in [-0.2, 0) is 6.42 Å². The molecule has 1 N–H and O–H groups in total. The third-order valence-electron chi connectivity index (χ3n) is 3.50. The second kappa shape index (κ2) is 6.33. The van der Waals surface area contributed by atoms with Crippen LogP contribution in [0.4, 0.5) is 0 Å². The van der Waals surface area contributed by atoms with E-state index >= 15 is 0 Å². The Morgan fingerprint density at radius 1 is 1.19 bits per heavy atom. The number of nitrogens with one attached hydrogen (secondary N) is 1. The van der Waals surface area contributed by atoms with E-state index in [0.717, 1.165) is 29.2 Å². The van der Waals surface area contributed by atoms with E-state index in [0.29, 0.717) is 0 Å². The summed E-state index contributed by atoms with van der Waals surface area (Å²) in [7, 11) is 0. The first-order valence-electron chi connectivity index (χ1n) is 7.26. The molecule has 108 valence electrons. The lowest BCUT2D eigenvalue weighted by molar-refractivity contribution is 0.552. The molecule has 0 aliphatic rings. The van der Waals surface area contributed by atoms with Crippen LogP contribution in [0.2, 0.25) is 0 Å². The van der Waals surface area contributed by atoms with Gasteiger partial charge >= 0.3 is 0 Å². The van der Waals surface area contributed by atoms with Crippen LogP contribution in [0.5, 0.6) is 0 Å². The standard InChI is InChI=1S/C17H19N3S/c1-3-18-16(17-11-19-12(2)21-17)10-14-9-8-13-6-4-5-7-15(13)20-14/h4-9,11,16,18H,3,10H2,1-2H3. The first-order chi connectivity index (χ1) is 10.3. The molecule has 2 aromatic heterocycles. The summed E-state index contributed by atoms with van der Waals surface area (Å²) in [5, 5.41) is 5.84.